The molecular weight excluding hydrogens is 296 g/mol. The Bertz CT molecular complexity index is 716. The van der Waals surface area contributed by atoms with Gasteiger partial charge in [0.05, 0.1) is 0 Å². The summed E-state index contributed by atoms with van der Waals surface area (Å²) in [5.74, 6) is 0.433. The fourth-order valence-electron chi connectivity index (χ4n) is 4.44. The van der Waals surface area contributed by atoms with Crippen LogP contribution in [0.3, 0.4) is 0 Å². The number of fused-ring (bicyclic) bond motifs is 2. The first-order valence-electron chi connectivity index (χ1n) is 8.97. The summed E-state index contributed by atoms with van der Waals surface area (Å²) in [5.41, 5.74) is 4.44. The van der Waals surface area contributed by atoms with Gasteiger partial charge in [-0.3, -0.25) is 14.7 Å². The Kier molecular flexibility index (Phi) is 4.19. The molecule has 1 fully saturated rings. The Labute approximate surface area is 143 Å². The van der Waals surface area contributed by atoms with Gasteiger partial charge in [-0.15, -0.1) is 0 Å². The Hall–Kier alpha value is -2.00. The highest BCUT2D eigenvalue weighted by Gasteiger charge is 2.40. The van der Waals surface area contributed by atoms with Crippen molar-refractivity contribution in [3.05, 3.63) is 65.5 Å². The van der Waals surface area contributed by atoms with Crippen molar-refractivity contribution in [3.8, 4) is 0 Å². The first-order valence-corrected chi connectivity index (χ1v) is 8.97. The lowest BCUT2D eigenvalue weighted by Crippen LogP contribution is -2.42. The minimum Gasteiger partial charge on any atom is -0.300 e. The molecule has 0 atom stereocenters. The summed E-state index contributed by atoms with van der Waals surface area (Å²) < 4.78 is 0. The molecule has 2 heterocycles. The highest BCUT2D eigenvalue weighted by Crippen LogP contribution is 2.42. The number of hydrogen-bond acceptors (Lipinski definition) is 3. The Morgan fingerprint density at radius 3 is 2.54 bits per heavy atom. The molecule has 3 nitrogen and oxygen atoms in total. The minimum atomic E-state index is 0.147. The van der Waals surface area contributed by atoms with Crippen LogP contribution >= 0.6 is 0 Å². The molecule has 1 aliphatic carbocycles. The van der Waals surface area contributed by atoms with Gasteiger partial charge in [0.25, 0.3) is 0 Å². The monoisotopic (exact) mass is 320 g/mol. The standard InChI is InChI=1S/C21H24N2O/c24-19-5-10-21(11-6-19)16-23(15-17-7-12-22-13-8-17)14-9-18-3-1-2-4-20(18)21/h1-4,7-8,12-13H,5-6,9-11,14-16H2. The molecule has 0 N–H and O–H groups in total. The van der Waals surface area contributed by atoms with Crippen molar-refractivity contribution < 1.29 is 4.79 Å². The summed E-state index contributed by atoms with van der Waals surface area (Å²) in [5, 5.41) is 0. The third kappa shape index (κ3) is 3.01. The second-order valence-electron chi connectivity index (χ2n) is 7.29. The molecule has 24 heavy (non-hydrogen) atoms. The van der Waals surface area contributed by atoms with E-state index in [9.17, 15) is 4.79 Å². The largest absolute Gasteiger partial charge is 0.300 e. The molecule has 4 rings (SSSR count). The molecule has 124 valence electrons. The van der Waals surface area contributed by atoms with E-state index in [-0.39, 0.29) is 5.41 Å². The van der Waals surface area contributed by atoms with Crippen LogP contribution in [-0.2, 0) is 23.2 Å². The van der Waals surface area contributed by atoms with Gasteiger partial charge in [-0.05, 0) is 48.1 Å². The number of carbonyl (C=O) groups is 1. The lowest BCUT2D eigenvalue weighted by Gasteiger charge is -2.40. The van der Waals surface area contributed by atoms with E-state index in [4.69, 9.17) is 0 Å². The fraction of sp³-hybridized carbons (Fsp3) is 0.429. The van der Waals surface area contributed by atoms with Crippen LogP contribution in [0, 0.1) is 0 Å². The summed E-state index contributed by atoms with van der Waals surface area (Å²) >= 11 is 0. The molecule has 0 radical (unpaired) electrons. The minimum absolute atomic E-state index is 0.147. The molecule has 1 aromatic heterocycles. The molecule has 0 bridgehead atoms. The van der Waals surface area contributed by atoms with E-state index in [1.165, 1.54) is 16.7 Å². The van der Waals surface area contributed by atoms with Crippen molar-refractivity contribution in [3.63, 3.8) is 0 Å². The number of ketones is 1. The van der Waals surface area contributed by atoms with Crippen LogP contribution in [0.15, 0.2) is 48.8 Å². The van der Waals surface area contributed by atoms with Crippen molar-refractivity contribution in [1.82, 2.24) is 9.88 Å². The molecule has 1 saturated carbocycles. The lowest BCUT2D eigenvalue weighted by atomic mass is 9.68. The number of aromatic nitrogens is 1. The van der Waals surface area contributed by atoms with Gasteiger partial charge in [-0.25, -0.2) is 0 Å². The highest BCUT2D eigenvalue weighted by atomic mass is 16.1. The molecule has 1 spiro atoms. The molecular formula is C21H24N2O. The first kappa shape index (κ1) is 15.5. The molecule has 3 heteroatoms. The van der Waals surface area contributed by atoms with Crippen molar-refractivity contribution in [1.29, 1.82) is 0 Å². The Morgan fingerprint density at radius 2 is 1.75 bits per heavy atom. The van der Waals surface area contributed by atoms with Crippen molar-refractivity contribution >= 4 is 5.78 Å². The molecule has 1 aromatic carbocycles. The molecule has 0 saturated heterocycles. The maximum atomic E-state index is 11.8. The number of carbonyl (C=O) groups excluding carboxylic acids is 1. The highest BCUT2D eigenvalue weighted by molar-refractivity contribution is 5.79. The van der Waals surface area contributed by atoms with Crippen LogP contribution in [0.5, 0.6) is 0 Å². The van der Waals surface area contributed by atoms with E-state index in [0.717, 1.165) is 51.7 Å². The van der Waals surface area contributed by atoms with Crippen molar-refractivity contribution in [2.45, 2.75) is 44.1 Å². The summed E-state index contributed by atoms with van der Waals surface area (Å²) in [6.45, 7) is 3.10. The van der Waals surface area contributed by atoms with Gasteiger partial charge in [0.2, 0.25) is 0 Å². The second kappa shape index (κ2) is 6.48. The van der Waals surface area contributed by atoms with E-state index < -0.39 is 0 Å². The zero-order valence-corrected chi connectivity index (χ0v) is 14.1. The number of nitrogens with zero attached hydrogens (tertiary/aromatic N) is 2. The van der Waals surface area contributed by atoms with Gasteiger partial charge in [-0.2, -0.15) is 0 Å². The quantitative estimate of drug-likeness (QED) is 0.849. The normalized spacial score (nSPS) is 20.6. The van der Waals surface area contributed by atoms with Crippen LogP contribution in [0.1, 0.15) is 42.4 Å². The predicted octanol–water partition coefficient (Wildman–Crippen LogP) is 3.52. The average molecular weight is 320 g/mol. The van der Waals surface area contributed by atoms with Crippen LogP contribution in [-0.4, -0.2) is 28.8 Å². The van der Waals surface area contributed by atoms with Gasteiger partial charge in [0.1, 0.15) is 5.78 Å². The van der Waals surface area contributed by atoms with Crippen LogP contribution in [0.2, 0.25) is 0 Å². The van der Waals surface area contributed by atoms with Gasteiger partial charge in [-0.1, -0.05) is 24.3 Å². The van der Waals surface area contributed by atoms with Crippen LogP contribution < -0.4 is 0 Å². The summed E-state index contributed by atoms with van der Waals surface area (Å²) in [6.07, 6.45) is 8.30. The zero-order chi connectivity index (χ0) is 16.4. The molecule has 0 amide bonds. The predicted molar refractivity (Wildman–Crippen MR) is 94.8 cm³/mol. The van der Waals surface area contributed by atoms with Crippen molar-refractivity contribution in [2.24, 2.45) is 0 Å². The Morgan fingerprint density at radius 1 is 1.00 bits per heavy atom. The Balaban J connectivity index is 1.65. The first-order chi connectivity index (χ1) is 11.8. The zero-order valence-electron chi connectivity index (χ0n) is 14.1. The molecule has 0 unspecified atom stereocenters. The van der Waals surface area contributed by atoms with E-state index in [2.05, 4.69) is 46.3 Å². The number of Topliss-reactive ketones (excluding diaryl/α,β-unsaturated/α-hetero) is 1. The number of rotatable bonds is 2. The SMILES string of the molecule is O=C1CCC2(CC1)CN(Cc1ccncc1)CCc1ccccc12. The summed E-state index contributed by atoms with van der Waals surface area (Å²) in [4.78, 5) is 18.5. The van der Waals surface area contributed by atoms with E-state index in [1.54, 1.807) is 0 Å². The fourth-order valence-corrected chi connectivity index (χ4v) is 4.44. The molecule has 1 aliphatic heterocycles. The number of hydrogen-bond donors (Lipinski definition) is 0. The molecule has 2 aromatic rings. The lowest BCUT2D eigenvalue weighted by molar-refractivity contribution is -0.121. The van der Waals surface area contributed by atoms with E-state index in [1.807, 2.05) is 12.4 Å². The van der Waals surface area contributed by atoms with Crippen LogP contribution in [0.4, 0.5) is 0 Å². The maximum absolute atomic E-state index is 11.8. The number of benzene rings is 1. The molecule has 2 aliphatic rings. The second-order valence-corrected chi connectivity index (χ2v) is 7.29. The third-order valence-electron chi connectivity index (χ3n) is 5.73. The summed E-state index contributed by atoms with van der Waals surface area (Å²) in [7, 11) is 0. The smallest absolute Gasteiger partial charge is 0.132 e. The van der Waals surface area contributed by atoms with Crippen LogP contribution in [0.25, 0.3) is 0 Å². The van der Waals surface area contributed by atoms with Gasteiger partial charge >= 0.3 is 0 Å². The van der Waals surface area contributed by atoms with E-state index in [0.29, 0.717) is 5.78 Å². The van der Waals surface area contributed by atoms with E-state index >= 15 is 0 Å². The summed E-state index contributed by atoms with van der Waals surface area (Å²) in [6, 6.07) is 13.1. The van der Waals surface area contributed by atoms with Gasteiger partial charge < -0.3 is 0 Å². The maximum Gasteiger partial charge on any atom is 0.132 e. The van der Waals surface area contributed by atoms with Gasteiger partial charge in [0.15, 0.2) is 0 Å². The topological polar surface area (TPSA) is 33.2 Å². The third-order valence-corrected chi connectivity index (χ3v) is 5.73. The van der Waals surface area contributed by atoms with Gasteiger partial charge in [0, 0.05) is 50.3 Å². The average Bonchev–Trinajstić information content (AvgIpc) is 2.77. The number of pyridine rings is 1. The van der Waals surface area contributed by atoms with Crippen molar-refractivity contribution in [2.75, 3.05) is 13.1 Å².